The Balaban J connectivity index is 1.94. The molecule has 1 aromatic rings. The molecule has 0 unspecified atom stereocenters. The van der Waals surface area contributed by atoms with Crippen molar-refractivity contribution in [2.75, 3.05) is 26.2 Å². The third kappa shape index (κ3) is 4.91. The van der Waals surface area contributed by atoms with Crippen molar-refractivity contribution in [1.29, 1.82) is 0 Å². The molecule has 1 atom stereocenters. The Bertz CT molecular complexity index is 715. The number of aromatic carboxylic acids is 1. The van der Waals surface area contributed by atoms with Gasteiger partial charge in [0.2, 0.25) is 10.0 Å². The third-order valence-corrected chi connectivity index (χ3v) is 6.81. The second-order valence-electron chi connectivity index (χ2n) is 5.74. The smallest absolute Gasteiger partial charge is 0.401 e. The number of carboxylic acids is 1. The van der Waals surface area contributed by atoms with E-state index in [0.717, 1.165) is 0 Å². The van der Waals surface area contributed by atoms with Crippen LogP contribution in [0.2, 0.25) is 0 Å². The summed E-state index contributed by atoms with van der Waals surface area (Å²) in [6, 6.07) is 1.28. The summed E-state index contributed by atoms with van der Waals surface area (Å²) in [6.45, 7) is 0.975. The molecule has 2 rings (SSSR count). The molecule has 6 nitrogen and oxygen atoms in total. The highest BCUT2D eigenvalue weighted by Crippen LogP contribution is 2.27. The van der Waals surface area contributed by atoms with Crippen molar-refractivity contribution in [2.24, 2.45) is 5.92 Å². The van der Waals surface area contributed by atoms with E-state index in [4.69, 9.17) is 5.11 Å². The van der Waals surface area contributed by atoms with Crippen molar-refractivity contribution in [3.63, 3.8) is 0 Å². The predicted molar refractivity (Wildman–Crippen MR) is 81.8 cm³/mol. The molecule has 0 aromatic carbocycles. The van der Waals surface area contributed by atoms with Gasteiger partial charge in [0, 0.05) is 13.1 Å². The zero-order valence-electron chi connectivity index (χ0n) is 12.8. The topological polar surface area (TPSA) is 86.7 Å². The Morgan fingerprint density at radius 2 is 2.17 bits per heavy atom. The lowest BCUT2D eigenvalue weighted by atomic mass is 10.1. The van der Waals surface area contributed by atoms with Gasteiger partial charge < -0.3 is 5.11 Å². The second-order valence-corrected chi connectivity index (χ2v) is 8.79. The summed E-state index contributed by atoms with van der Waals surface area (Å²) in [6.07, 6.45) is -3.79. The van der Waals surface area contributed by atoms with Gasteiger partial charge in [-0.25, -0.2) is 17.9 Å². The molecule has 0 saturated carbocycles. The molecule has 1 fully saturated rings. The van der Waals surface area contributed by atoms with E-state index in [2.05, 4.69) is 4.72 Å². The quantitative estimate of drug-likeness (QED) is 0.780. The normalized spacial score (nSPS) is 19.8. The van der Waals surface area contributed by atoms with Gasteiger partial charge in [0.1, 0.15) is 9.09 Å². The van der Waals surface area contributed by atoms with Crippen LogP contribution in [0.5, 0.6) is 0 Å². The maximum atomic E-state index is 12.3. The van der Waals surface area contributed by atoms with Crippen molar-refractivity contribution in [1.82, 2.24) is 9.62 Å². The van der Waals surface area contributed by atoms with Gasteiger partial charge in [-0.15, -0.1) is 11.3 Å². The number of nitrogens with one attached hydrogen (secondary N) is 1. The molecule has 1 aliphatic rings. The van der Waals surface area contributed by atoms with Gasteiger partial charge in [0.15, 0.2) is 0 Å². The fraction of sp³-hybridized carbons (Fsp3) is 0.615. The largest absolute Gasteiger partial charge is 0.477 e. The molecule has 1 aliphatic heterocycles. The summed E-state index contributed by atoms with van der Waals surface area (Å²) in [5.74, 6) is -1.40. The molecule has 0 bridgehead atoms. The minimum atomic E-state index is -4.27. The van der Waals surface area contributed by atoms with Crippen LogP contribution in [-0.2, 0) is 10.0 Å². The highest BCUT2D eigenvalue weighted by atomic mass is 32.2. The van der Waals surface area contributed by atoms with E-state index < -0.39 is 28.7 Å². The van der Waals surface area contributed by atoms with Gasteiger partial charge in [-0.05, 0) is 37.4 Å². The second kappa shape index (κ2) is 6.98. The van der Waals surface area contributed by atoms with Gasteiger partial charge in [-0.1, -0.05) is 0 Å². The summed E-state index contributed by atoms with van der Waals surface area (Å²) in [7, 11) is -3.87. The summed E-state index contributed by atoms with van der Waals surface area (Å²) < 4.78 is 63.7. The number of carboxylic acid groups (broad SMARTS) is 1. The van der Waals surface area contributed by atoms with Crippen molar-refractivity contribution in [3.8, 4) is 0 Å². The number of likely N-dealkylation sites (tertiary alicyclic amines) is 1. The number of hydrogen-bond acceptors (Lipinski definition) is 5. The highest BCUT2D eigenvalue weighted by Gasteiger charge is 2.34. The lowest BCUT2D eigenvalue weighted by Gasteiger charge is -2.17. The first-order valence-corrected chi connectivity index (χ1v) is 9.40. The Morgan fingerprint density at radius 1 is 1.50 bits per heavy atom. The van der Waals surface area contributed by atoms with Crippen LogP contribution in [0.1, 0.15) is 21.7 Å². The molecule has 136 valence electrons. The fourth-order valence-electron chi connectivity index (χ4n) is 2.57. The zero-order valence-corrected chi connectivity index (χ0v) is 14.4. The highest BCUT2D eigenvalue weighted by molar-refractivity contribution is 7.91. The number of carbonyl (C=O) groups is 1. The van der Waals surface area contributed by atoms with Crippen LogP contribution < -0.4 is 4.72 Å². The number of nitrogens with zero attached hydrogens (tertiary/aromatic N) is 1. The molecule has 24 heavy (non-hydrogen) atoms. The predicted octanol–water partition coefficient (Wildman–Crippen LogP) is 1.92. The van der Waals surface area contributed by atoms with E-state index in [1.165, 1.54) is 17.9 Å². The Kier molecular flexibility index (Phi) is 5.57. The Hall–Kier alpha value is -1.17. The number of hydrogen-bond donors (Lipinski definition) is 2. The molecule has 2 N–H and O–H groups in total. The molecular weight excluding hydrogens is 369 g/mol. The first-order valence-electron chi connectivity index (χ1n) is 7.10. The van der Waals surface area contributed by atoms with Crippen LogP contribution in [0.25, 0.3) is 0 Å². The Morgan fingerprint density at radius 3 is 2.71 bits per heavy atom. The van der Waals surface area contributed by atoms with Crippen molar-refractivity contribution in [3.05, 3.63) is 16.5 Å². The first-order chi connectivity index (χ1) is 11.0. The van der Waals surface area contributed by atoms with Crippen LogP contribution in [0.3, 0.4) is 0 Å². The number of sulfonamides is 1. The lowest BCUT2D eigenvalue weighted by molar-refractivity contribution is -0.143. The molecule has 11 heteroatoms. The molecule has 2 heterocycles. The Labute approximate surface area is 141 Å². The van der Waals surface area contributed by atoms with E-state index in [-0.39, 0.29) is 34.6 Å². The minimum Gasteiger partial charge on any atom is -0.477 e. The zero-order chi connectivity index (χ0) is 18.1. The molecule has 1 saturated heterocycles. The fourth-order valence-corrected chi connectivity index (χ4v) is 5.11. The van der Waals surface area contributed by atoms with Crippen molar-refractivity contribution < 1.29 is 31.5 Å². The van der Waals surface area contributed by atoms with E-state index in [1.807, 2.05) is 0 Å². The number of aryl methyl sites for hydroxylation is 1. The lowest BCUT2D eigenvalue weighted by Crippen LogP contribution is -2.34. The van der Waals surface area contributed by atoms with Crippen LogP contribution >= 0.6 is 11.3 Å². The van der Waals surface area contributed by atoms with Crippen LogP contribution in [-0.4, -0.2) is 56.7 Å². The van der Waals surface area contributed by atoms with E-state index >= 15 is 0 Å². The van der Waals surface area contributed by atoms with E-state index in [1.54, 1.807) is 0 Å². The molecule has 0 spiro atoms. The molecule has 1 aromatic heterocycles. The van der Waals surface area contributed by atoms with Gasteiger partial charge in [-0.2, -0.15) is 13.2 Å². The van der Waals surface area contributed by atoms with Gasteiger partial charge in [0.25, 0.3) is 0 Å². The number of alkyl halides is 3. The van der Waals surface area contributed by atoms with E-state index in [0.29, 0.717) is 23.3 Å². The summed E-state index contributed by atoms with van der Waals surface area (Å²) in [5.41, 5.74) is 0.352. The van der Waals surface area contributed by atoms with Crippen LogP contribution in [0.15, 0.2) is 10.3 Å². The molecule has 0 amide bonds. The van der Waals surface area contributed by atoms with E-state index in [9.17, 15) is 26.4 Å². The van der Waals surface area contributed by atoms with Gasteiger partial charge in [-0.3, -0.25) is 4.90 Å². The average Bonchev–Trinajstić information content (AvgIpc) is 3.01. The van der Waals surface area contributed by atoms with Crippen LogP contribution in [0, 0.1) is 12.8 Å². The summed E-state index contributed by atoms with van der Waals surface area (Å²) >= 11 is 0.656. The van der Waals surface area contributed by atoms with Crippen molar-refractivity contribution >= 4 is 27.3 Å². The van der Waals surface area contributed by atoms with Gasteiger partial charge in [0.05, 0.1) is 6.54 Å². The maximum absolute atomic E-state index is 12.3. The monoisotopic (exact) mass is 386 g/mol. The van der Waals surface area contributed by atoms with Gasteiger partial charge >= 0.3 is 12.1 Å². The molecule has 0 aliphatic carbocycles. The van der Waals surface area contributed by atoms with Crippen LogP contribution in [0.4, 0.5) is 13.2 Å². The number of halogens is 3. The average molecular weight is 386 g/mol. The minimum absolute atomic E-state index is 0.0239. The number of thiophene rings is 1. The van der Waals surface area contributed by atoms with Crippen molar-refractivity contribution in [2.45, 2.75) is 23.7 Å². The SMILES string of the molecule is Cc1cc(S(=O)(=O)NC[C@H]2CCN(CC(F)(F)F)C2)sc1C(=O)O. The summed E-state index contributed by atoms with van der Waals surface area (Å²) in [5, 5.41) is 8.97. The first kappa shape index (κ1) is 19.2. The molecular formula is C13H17F3N2O4S2. The summed E-state index contributed by atoms with van der Waals surface area (Å²) in [4.78, 5) is 12.2. The standard InChI is InChI=1S/C13H17F3N2O4S2/c1-8-4-10(23-11(8)12(19)20)24(21,22)17-5-9-2-3-18(6-9)7-13(14,15)16/h4,9,17H,2-3,5-7H2,1H3,(H,19,20)/t9-/m1/s1. The maximum Gasteiger partial charge on any atom is 0.401 e. The third-order valence-electron chi connectivity index (χ3n) is 3.69. The molecule has 0 radical (unpaired) electrons. The number of rotatable bonds is 6.